The first-order valence-electron chi connectivity index (χ1n) is 8.56. The molecule has 0 radical (unpaired) electrons. The van der Waals surface area contributed by atoms with Crippen LogP contribution in [0.4, 0.5) is 9.39 Å². The van der Waals surface area contributed by atoms with E-state index in [1.165, 1.54) is 12.1 Å². The molecule has 1 atom stereocenters. The van der Waals surface area contributed by atoms with Crippen LogP contribution in [0.5, 0.6) is 5.75 Å². The summed E-state index contributed by atoms with van der Waals surface area (Å²) in [6.45, 7) is 1.71. The van der Waals surface area contributed by atoms with Crippen molar-refractivity contribution in [1.29, 1.82) is 0 Å². The number of halogens is 1. The van der Waals surface area contributed by atoms with Crippen LogP contribution in [0.1, 0.15) is 39.0 Å². The minimum absolute atomic E-state index is 0.158. The van der Waals surface area contributed by atoms with E-state index in [0.29, 0.717) is 22.6 Å². The topological polar surface area (TPSA) is 83.7 Å². The normalized spacial score (nSPS) is 15.6. The summed E-state index contributed by atoms with van der Waals surface area (Å²) in [5.74, 6) is -0.598. The molecule has 0 bridgehead atoms. The van der Waals surface area contributed by atoms with E-state index < -0.39 is 18.1 Å². The molecule has 2 N–H and O–H groups in total. The lowest BCUT2D eigenvalue weighted by Crippen LogP contribution is -2.20. The molecule has 0 saturated carbocycles. The molecule has 0 saturated heterocycles. The number of carbonyl (C=O) groups is 1. The molecule has 8 heteroatoms. The summed E-state index contributed by atoms with van der Waals surface area (Å²) in [6.07, 6.45) is -0.618. The number of nitrogen functional groups attached to an aromatic ring is 1. The molecular formula is C20H17FN2O4S. The summed E-state index contributed by atoms with van der Waals surface area (Å²) >= 11 is 1.03. The van der Waals surface area contributed by atoms with E-state index in [1.807, 2.05) is 30.3 Å². The quantitative estimate of drug-likeness (QED) is 0.663. The van der Waals surface area contributed by atoms with Gasteiger partial charge in [0.05, 0.1) is 12.3 Å². The van der Waals surface area contributed by atoms with Crippen LogP contribution in [0, 0.1) is 12.7 Å². The Labute approximate surface area is 164 Å². The predicted molar refractivity (Wildman–Crippen MR) is 101 cm³/mol. The Kier molecular flexibility index (Phi) is 4.97. The van der Waals surface area contributed by atoms with Crippen LogP contribution < -0.4 is 10.5 Å². The van der Waals surface area contributed by atoms with E-state index in [1.54, 1.807) is 6.92 Å². The fraction of sp³-hybridized carbons (Fsp3) is 0.200. The number of anilines is 1. The minimum atomic E-state index is -0.618. The zero-order valence-corrected chi connectivity index (χ0v) is 15.8. The number of esters is 1. The molecule has 6 nitrogen and oxygen atoms in total. The van der Waals surface area contributed by atoms with Gasteiger partial charge in [-0.2, -0.15) is 4.37 Å². The van der Waals surface area contributed by atoms with Crippen molar-refractivity contribution in [2.45, 2.75) is 26.4 Å². The Morgan fingerprint density at radius 2 is 2.14 bits per heavy atom. The van der Waals surface area contributed by atoms with Crippen LogP contribution >= 0.6 is 11.5 Å². The Hall–Kier alpha value is -2.97. The van der Waals surface area contributed by atoms with E-state index in [-0.39, 0.29) is 23.8 Å². The lowest BCUT2D eigenvalue weighted by Gasteiger charge is -2.28. The molecule has 1 aliphatic heterocycles. The fourth-order valence-corrected chi connectivity index (χ4v) is 3.66. The fourth-order valence-electron chi connectivity index (χ4n) is 3.01. The molecule has 2 aromatic carbocycles. The molecule has 1 aliphatic rings. The molecule has 0 spiro atoms. The number of fused-ring (bicyclic) bond motifs is 1. The highest BCUT2D eigenvalue weighted by atomic mass is 32.1. The van der Waals surface area contributed by atoms with E-state index in [0.717, 1.165) is 17.1 Å². The number of carbonyl (C=O) groups excluding carboxylic acids is 1. The monoisotopic (exact) mass is 400 g/mol. The number of ether oxygens (including phenoxy) is 3. The molecule has 1 aromatic heterocycles. The number of nitrogens with zero attached hydrogens (tertiary/aromatic N) is 1. The molecule has 0 aliphatic carbocycles. The first kappa shape index (κ1) is 18.4. The Bertz CT molecular complexity index is 1000. The standard InChI is InChI=1S/C20H17FN2O4S/c1-11-16(18(22)28-23-11)19(24)25-9-13-7-15(21)8-14-10-26-20(27-17(13)14)12-5-3-2-4-6-12/h2-8,20H,9-10,22H2,1H3/t20-/m0/s1. The zero-order chi connectivity index (χ0) is 19.7. The van der Waals surface area contributed by atoms with Crippen LogP contribution in [-0.4, -0.2) is 10.3 Å². The number of rotatable bonds is 4. The van der Waals surface area contributed by atoms with Crippen molar-refractivity contribution in [3.05, 3.63) is 76.2 Å². The second-order valence-corrected chi connectivity index (χ2v) is 7.11. The van der Waals surface area contributed by atoms with E-state index >= 15 is 0 Å². The van der Waals surface area contributed by atoms with Crippen molar-refractivity contribution in [3.63, 3.8) is 0 Å². The maximum absolute atomic E-state index is 14.0. The van der Waals surface area contributed by atoms with Crippen molar-refractivity contribution in [1.82, 2.24) is 4.37 Å². The van der Waals surface area contributed by atoms with E-state index in [4.69, 9.17) is 19.9 Å². The predicted octanol–water partition coefficient (Wildman–Crippen LogP) is 4.14. The molecule has 144 valence electrons. The highest BCUT2D eigenvalue weighted by Crippen LogP contribution is 2.37. The first-order valence-corrected chi connectivity index (χ1v) is 9.33. The Morgan fingerprint density at radius 3 is 2.86 bits per heavy atom. The molecule has 2 heterocycles. The number of aromatic nitrogens is 1. The SMILES string of the molecule is Cc1nsc(N)c1C(=O)OCc1cc(F)cc2c1O[C@@H](c1ccccc1)OC2. The van der Waals surface area contributed by atoms with E-state index in [9.17, 15) is 9.18 Å². The van der Waals surface area contributed by atoms with Crippen molar-refractivity contribution >= 4 is 22.5 Å². The highest BCUT2D eigenvalue weighted by Gasteiger charge is 2.26. The lowest BCUT2D eigenvalue weighted by atomic mass is 10.1. The van der Waals surface area contributed by atoms with Crippen molar-refractivity contribution in [2.75, 3.05) is 5.73 Å². The third-order valence-corrected chi connectivity index (χ3v) is 5.11. The van der Waals surface area contributed by atoms with E-state index in [2.05, 4.69) is 4.37 Å². The van der Waals surface area contributed by atoms with Gasteiger partial charge in [-0.05, 0) is 30.6 Å². The first-order chi connectivity index (χ1) is 13.5. The molecule has 3 aromatic rings. The largest absolute Gasteiger partial charge is 0.460 e. The summed E-state index contributed by atoms with van der Waals surface area (Å²) < 4.78 is 35.1. The van der Waals surface area contributed by atoms with Crippen molar-refractivity contribution < 1.29 is 23.4 Å². The number of benzene rings is 2. The number of hydrogen-bond acceptors (Lipinski definition) is 7. The van der Waals surface area contributed by atoms with Crippen LogP contribution in [0.2, 0.25) is 0 Å². The summed E-state index contributed by atoms with van der Waals surface area (Å²) in [5, 5.41) is 0.289. The summed E-state index contributed by atoms with van der Waals surface area (Å²) in [6, 6.07) is 12.1. The third kappa shape index (κ3) is 3.56. The summed E-state index contributed by atoms with van der Waals surface area (Å²) in [5.41, 5.74) is 8.35. The molecular weight excluding hydrogens is 383 g/mol. The van der Waals surface area contributed by atoms with Gasteiger partial charge in [-0.25, -0.2) is 9.18 Å². The van der Waals surface area contributed by atoms with Gasteiger partial charge < -0.3 is 19.9 Å². The van der Waals surface area contributed by atoms with Gasteiger partial charge >= 0.3 is 5.97 Å². The van der Waals surface area contributed by atoms with Crippen LogP contribution in [0.25, 0.3) is 0 Å². The molecule has 0 fully saturated rings. The van der Waals surface area contributed by atoms with Crippen LogP contribution in [0.3, 0.4) is 0 Å². The van der Waals surface area contributed by atoms with Gasteiger partial charge in [0.1, 0.15) is 28.7 Å². The average Bonchev–Trinajstić information content (AvgIpc) is 3.04. The van der Waals surface area contributed by atoms with Gasteiger partial charge in [0.15, 0.2) is 0 Å². The summed E-state index contributed by atoms with van der Waals surface area (Å²) in [7, 11) is 0. The van der Waals surface area contributed by atoms with Gasteiger partial charge in [0.2, 0.25) is 6.29 Å². The molecule has 0 amide bonds. The smallest absolute Gasteiger partial charge is 0.343 e. The Balaban J connectivity index is 1.57. The maximum atomic E-state index is 14.0. The van der Waals surface area contributed by atoms with Crippen LogP contribution in [-0.2, 0) is 22.7 Å². The second kappa shape index (κ2) is 7.57. The minimum Gasteiger partial charge on any atom is -0.460 e. The van der Waals surface area contributed by atoms with Gasteiger partial charge in [-0.3, -0.25) is 0 Å². The highest BCUT2D eigenvalue weighted by molar-refractivity contribution is 7.10. The van der Waals surface area contributed by atoms with Gasteiger partial charge in [-0.1, -0.05) is 30.3 Å². The third-order valence-electron chi connectivity index (χ3n) is 4.35. The second-order valence-electron chi connectivity index (χ2n) is 6.31. The lowest BCUT2D eigenvalue weighted by molar-refractivity contribution is -0.112. The van der Waals surface area contributed by atoms with Crippen molar-refractivity contribution in [2.24, 2.45) is 0 Å². The van der Waals surface area contributed by atoms with Crippen molar-refractivity contribution in [3.8, 4) is 5.75 Å². The van der Waals surface area contributed by atoms with Crippen LogP contribution in [0.15, 0.2) is 42.5 Å². The van der Waals surface area contributed by atoms with Gasteiger partial charge in [0.25, 0.3) is 0 Å². The maximum Gasteiger partial charge on any atom is 0.343 e. The molecule has 4 rings (SSSR count). The number of hydrogen-bond donors (Lipinski definition) is 1. The number of nitrogens with two attached hydrogens (primary N) is 1. The number of aryl methyl sites for hydroxylation is 1. The van der Waals surface area contributed by atoms with Gasteiger partial charge in [-0.15, -0.1) is 0 Å². The molecule has 0 unspecified atom stereocenters. The average molecular weight is 400 g/mol. The zero-order valence-electron chi connectivity index (χ0n) is 15.0. The van der Waals surface area contributed by atoms with Gasteiger partial charge in [0, 0.05) is 16.7 Å². The Morgan fingerprint density at radius 1 is 1.36 bits per heavy atom. The molecule has 28 heavy (non-hydrogen) atoms. The summed E-state index contributed by atoms with van der Waals surface area (Å²) in [4.78, 5) is 12.4.